The van der Waals surface area contributed by atoms with Crippen molar-refractivity contribution in [2.75, 3.05) is 0 Å². The van der Waals surface area contributed by atoms with E-state index in [-0.39, 0.29) is 6.10 Å². The zero-order valence-electron chi connectivity index (χ0n) is 15.5. The highest BCUT2D eigenvalue weighted by Crippen LogP contribution is 2.62. The van der Waals surface area contributed by atoms with Gasteiger partial charge in [-0.15, -0.1) is 0 Å². The molecule has 6 rings (SSSR count). The minimum atomic E-state index is -1.45. The van der Waals surface area contributed by atoms with E-state index in [4.69, 9.17) is 12.9 Å². The third-order valence-corrected chi connectivity index (χ3v) is 8.05. The van der Waals surface area contributed by atoms with Crippen molar-refractivity contribution in [3.63, 3.8) is 0 Å². The van der Waals surface area contributed by atoms with Crippen molar-refractivity contribution < 1.29 is 12.9 Å². The molecule has 3 aliphatic rings. The number of fused-ring (bicyclic) bond motifs is 5. The lowest BCUT2D eigenvalue weighted by molar-refractivity contribution is -0.139. The minimum absolute atomic E-state index is 0.218. The summed E-state index contributed by atoms with van der Waals surface area (Å²) in [4.78, 5) is 0. The van der Waals surface area contributed by atoms with E-state index in [0.29, 0.717) is 11.3 Å². The summed E-state index contributed by atoms with van der Waals surface area (Å²) < 4.78 is 18.9. The lowest BCUT2D eigenvalue weighted by Gasteiger charge is -2.61. The molecule has 4 heteroatoms. The molecule has 1 aromatic heterocycles. The molecule has 4 atom stereocenters. The van der Waals surface area contributed by atoms with Crippen molar-refractivity contribution in [3.8, 4) is 0 Å². The van der Waals surface area contributed by atoms with Gasteiger partial charge < -0.3 is 8.39 Å². The topological polar surface area (TPSA) is 35.5 Å². The van der Waals surface area contributed by atoms with Gasteiger partial charge in [-0.2, -0.15) is 0 Å². The molecule has 3 unspecified atom stereocenters. The fraction of sp³-hybridized carbons (Fsp3) is 0.455. The smallest absolute Gasteiger partial charge is 0.387 e. The molecule has 0 spiro atoms. The van der Waals surface area contributed by atoms with Crippen LogP contribution in [0, 0.1) is 23.2 Å². The number of benzene rings is 2. The number of hydrogen-bond donors (Lipinski definition) is 0. The van der Waals surface area contributed by atoms with E-state index in [0.717, 1.165) is 40.2 Å². The normalized spacial score (nSPS) is 29.5. The summed E-state index contributed by atoms with van der Waals surface area (Å²) in [5, 5.41) is 2.13. The molecule has 0 saturated heterocycles. The fourth-order valence-corrected chi connectivity index (χ4v) is 6.37. The molecular weight excluding hydrogens is 343 g/mol. The van der Waals surface area contributed by atoms with Crippen molar-refractivity contribution >= 4 is 30.2 Å². The Bertz CT molecular complexity index is 948. The van der Waals surface area contributed by atoms with E-state index in [2.05, 4.69) is 32.9 Å². The number of hydrogen-bond acceptors (Lipinski definition) is 3. The average molecular weight is 368 g/mol. The first kappa shape index (κ1) is 16.5. The first-order chi connectivity index (χ1) is 12.5. The van der Waals surface area contributed by atoms with E-state index >= 15 is 0 Å². The van der Waals surface area contributed by atoms with Gasteiger partial charge in [-0.25, -0.2) is 0 Å². The highest BCUT2D eigenvalue weighted by atomic mass is 31.1. The van der Waals surface area contributed by atoms with Crippen LogP contribution in [0.1, 0.15) is 33.6 Å². The van der Waals surface area contributed by atoms with Gasteiger partial charge in [-0.05, 0) is 48.1 Å². The van der Waals surface area contributed by atoms with Gasteiger partial charge in [-0.3, -0.25) is 4.52 Å². The molecule has 0 N–H and O–H groups in total. The van der Waals surface area contributed by atoms with Crippen LogP contribution in [0.2, 0.25) is 0 Å². The van der Waals surface area contributed by atoms with E-state index in [1.165, 1.54) is 6.42 Å². The van der Waals surface area contributed by atoms with Crippen LogP contribution in [-0.4, -0.2) is 6.10 Å². The highest BCUT2D eigenvalue weighted by molar-refractivity contribution is 7.31. The lowest BCUT2D eigenvalue weighted by Crippen LogP contribution is -2.57. The molecule has 2 bridgehead atoms. The van der Waals surface area contributed by atoms with Gasteiger partial charge in [0, 0.05) is 10.8 Å². The van der Waals surface area contributed by atoms with E-state index in [1.54, 1.807) is 0 Å². The van der Waals surface area contributed by atoms with Crippen LogP contribution in [-0.2, 0) is 0 Å². The zero-order chi connectivity index (χ0) is 17.9. The molecule has 136 valence electrons. The maximum absolute atomic E-state index is 6.45. The highest BCUT2D eigenvalue weighted by Gasteiger charge is 2.57. The van der Waals surface area contributed by atoms with Crippen molar-refractivity contribution in [2.24, 2.45) is 23.2 Å². The molecule has 2 aromatic carbocycles. The Balaban J connectivity index is 1.57. The summed E-state index contributed by atoms with van der Waals surface area (Å²) >= 11 is 0. The summed E-state index contributed by atoms with van der Waals surface area (Å²) in [6.07, 6.45) is 2.68. The monoisotopic (exact) mass is 368 g/mol. The molecule has 26 heavy (non-hydrogen) atoms. The molecule has 3 nitrogen and oxygen atoms in total. The van der Waals surface area contributed by atoms with E-state index in [9.17, 15) is 0 Å². The van der Waals surface area contributed by atoms with Gasteiger partial charge in [0.1, 0.15) is 11.2 Å². The maximum atomic E-state index is 6.45. The summed E-state index contributed by atoms with van der Waals surface area (Å²) in [7, 11) is -1.45. The van der Waals surface area contributed by atoms with Crippen LogP contribution in [0.3, 0.4) is 0 Å². The Hall–Kier alpha value is -1.70. The molecule has 3 aromatic rings. The second-order valence-electron chi connectivity index (χ2n) is 8.50. The number of para-hydroxylation sites is 2. The predicted octanol–water partition coefficient (Wildman–Crippen LogP) is 6.79. The molecular formula is C22H25O3P. The maximum Gasteiger partial charge on any atom is 0.387 e. The molecule has 3 fully saturated rings. The Labute approximate surface area is 155 Å². The quantitative estimate of drug-likeness (QED) is 0.499. The second kappa shape index (κ2) is 5.90. The Morgan fingerprint density at radius 3 is 2.04 bits per heavy atom. The van der Waals surface area contributed by atoms with Gasteiger partial charge in [0.15, 0.2) is 0 Å². The lowest BCUT2D eigenvalue weighted by atomic mass is 9.45. The molecule has 3 aliphatic carbocycles. The third kappa shape index (κ3) is 2.45. The van der Waals surface area contributed by atoms with Gasteiger partial charge in [0.2, 0.25) is 0 Å². The van der Waals surface area contributed by atoms with Gasteiger partial charge in [-0.1, -0.05) is 57.2 Å². The van der Waals surface area contributed by atoms with Crippen molar-refractivity contribution in [1.82, 2.24) is 0 Å². The van der Waals surface area contributed by atoms with Crippen LogP contribution in [0.4, 0.5) is 0 Å². The van der Waals surface area contributed by atoms with Gasteiger partial charge in [0.05, 0.1) is 6.10 Å². The van der Waals surface area contributed by atoms with Crippen molar-refractivity contribution in [3.05, 3.63) is 48.5 Å². The van der Waals surface area contributed by atoms with Gasteiger partial charge >= 0.3 is 8.24 Å². The SMILES string of the molecule is C[C@H]1C(Op2oc3ccccc3c3ccccc3o2)CC2CC1C2(C)C. The van der Waals surface area contributed by atoms with Crippen LogP contribution < -0.4 is 4.52 Å². The van der Waals surface area contributed by atoms with Crippen molar-refractivity contribution in [2.45, 2.75) is 39.7 Å². The average Bonchev–Trinajstić information content (AvgIpc) is 2.79. The van der Waals surface area contributed by atoms with Crippen LogP contribution >= 0.6 is 8.24 Å². The van der Waals surface area contributed by atoms with E-state index in [1.807, 2.05) is 36.4 Å². The first-order valence-electron chi connectivity index (χ1n) is 9.55. The van der Waals surface area contributed by atoms with Crippen molar-refractivity contribution in [1.29, 1.82) is 0 Å². The Kier molecular flexibility index (Phi) is 3.74. The molecule has 0 radical (unpaired) electrons. The van der Waals surface area contributed by atoms with Crippen LogP contribution in [0.5, 0.6) is 0 Å². The fourth-order valence-electron chi connectivity index (χ4n) is 5.11. The number of rotatable bonds is 2. The predicted molar refractivity (Wildman–Crippen MR) is 106 cm³/mol. The van der Waals surface area contributed by atoms with Gasteiger partial charge in [0.25, 0.3) is 0 Å². The first-order valence-corrected chi connectivity index (χ1v) is 10.6. The Morgan fingerprint density at radius 1 is 0.923 bits per heavy atom. The molecule has 1 heterocycles. The summed E-state index contributed by atoms with van der Waals surface area (Å²) in [6, 6.07) is 16.2. The van der Waals surface area contributed by atoms with Crippen LogP contribution in [0.25, 0.3) is 21.9 Å². The Morgan fingerprint density at radius 2 is 1.50 bits per heavy atom. The minimum Gasteiger partial charge on any atom is -0.399 e. The summed E-state index contributed by atoms with van der Waals surface area (Å²) in [6.45, 7) is 7.16. The standard InChI is InChI=1S/C22H25O3P/c1-14-18-12-15(22(18,2)3)13-21(14)25-26-23-19-10-6-4-8-16(19)17-9-5-7-11-20(17)24-26/h4-11,14-15,18,21H,12-13H2,1-3H3/t14-,15?,18?,21?/m1/s1. The molecule has 3 saturated carbocycles. The van der Waals surface area contributed by atoms with Crippen LogP contribution in [0.15, 0.2) is 56.9 Å². The molecule has 0 aliphatic heterocycles. The largest absolute Gasteiger partial charge is 0.399 e. The van der Waals surface area contributed by atoms with E-state index < -0.39 is 8.24 Å². The second-order valence-corrected chi connectivity index (χ2v) is 9.52. The summed E-state index contributed by atoms with van der Waals surface area (Å²) in [5.41, 5.74) is 2.15. The third-order valence-electron chi connectivity index (χ3n) is 6.92. The molecule has 0 amide bonds. The zero-order valence-corrected chi connectivity index (χ0v) is 16.4. The summed E-state index contributed by atoms with van der Waals surface area (Å²) in [5.74, 6) is 2.04.